The maximum absolute atomic E-state index is 12.5. The largest absolute Gasteiger partial charge is 0.491 e. The molecule has 7 heteroatoms. The summed E-state index contributed by atoms with van der Waals surface area (Å²) in [5.74, 6) is 0.590. The maximum Gasteiger partial charge on any atom is 0.251 e. The van der Waals surface area contributed by atoms with Crippen LogP contribution in [0.3, 0.4) is 0 Å². The highest BCUT2D eigenvalue weighted by Gasteiger charge is 2.22. The van der Waals surface area contributed by atoms with E-state index < -0.39 is 10.0 Å². The van der Waals surface area contributed by atoms with E-state index in [0.29, 0.717) is 24.3 Å². The maximum atomic E-state index is 12.5. The van der Waals surface area contributed by atoms with Crippen molar-refractivity contribution in [2.24, 2.45) is 0 Å². The van der Waals surface area contributed by atoms with Gasteiger partial charge in [-0.3, -0.25) is 9.52 Å². The van der Waals surface area contributed by atoms with E-state index in [4.69, 9.17) is 4.74 Å². The molecule has 0 fully saturated rings. The van der Waals surface area contributed by atoms with Crippen LogP contribution in [0.15, 0.2) is 42.5 Å². The van der Waals surface area contributed by atoms with E-state index in [0.717, 1.165) is 23.1 Å². The fourth-order valence-corrected chi connectivity index (χ4v) is 3.38. The smallest absolute Gasteiger partial charge is 0.251 e. The molecule has 1 aliphatic heterocycles. The average Bonchev–Trinajstić information content (AvgIpc) is 2.55. The van der Waals surface area contributed by atoms with Gasteiger partial charge in [0.1, 0.15) is 12.4 Å². The summed E-state index contributed by atoms with van der Waals surface area (Å²) < 4.78 is 31.0. The lowest BCUT2D eigenvalue weighted by molar-refractivity contribution is 0.0915. The van der Waals surface area contributed by atoms with Crippen molar-refractivity contribution in [2.45, 2.75) is 19.4 Å². The SMILES string of the molecule is Cc1ccc(C(=O)NC2COc3ccccc3C2)cc1NS(C)(=O)=O. The Morgan fingerprint density at radius 2 is 1.96 bits per heavy atom. The van der Waals surface area contributed by atoms with Crippen LogP contribution in [0.2, 0.25) is 0 Å². The van der Waals surface area contributed by atoms with Crippen LogP contribution in [0.25, 0.3) is 0 Å². The van der Waals surface area contributed by atoms with Crippen molar-refractivity contribution in [3.63, 3.8) is 0 Å². The molecule has 2 aromatic rings. The molecule has 1 aliphatic rings. The molecule has 1 unspecified atom stereocenters. The van der Waals surface area contributed by atoms with E-state index in [1.165, 1.54) is 0 Å². The summed E-state index contributed by atoms with van der Waals surface area (Å²) in [4.78, 5) is 12.5. The molecular formula is C18H20N2O4S. The zero-order valence-corrected chi connectivity index (χ0v) is 14.9. The van der Waals surface area contributed by atoms with Crippen molar-refractivity contribution >= 4 is 21.6 Å². The highest BCUT2D eigenvalue weighted by atomic mass is 32.2. The van der Waals surface area contributed by atoms with E-state index in [-0.39, 0.29) is 11.9 Å². The zero-order chi connectivity index (χ0) is 18.0. The van der Waals surface area contributed by atoms with E-state index in [2.05, 4.69) is 10.0 Å². The van der Waals surface area contributed by atoms with Crippen LogP contribution in [-0.2, 0) is 16.4 Å². The van der Waals surface area contributed by atoms with Gasteiger partial charge in [-0.05, 0) is 42.7 Å². The summed E-state index contributed by atoms with van der Waals surface area (Å²) in [5.41, 5.74) is 2.61. The second kappa shape index (κ2) is 6.76. The van der Waals surface area contributed by atoms with E-state index >= 15 is 0 Å². The number of ether oxygens (including phenoxy) is 1. The molecule has 0 aliphatic carbocycles. The molecule has 132 valence electrons. The minimum Gasteiger partial charge on any atom is -0.491 e. The minimum absolute atomic E-state index is 0.130. The predicted octanol–water partition coefficient (Wildman–Crippen LogP) is 2.10. The number of sulfonamides is 1. The lowest BCUT2D eigenvalue weighted by Gasteiger charge is -2.26. The molecule has 0 bridgehead atoms. The van der Waals surface area contributed by atoms with Crippen molar-refractivity contribution < 1.29 is 17.9 Å². The van der Waals surface area contributed by atoms with E-state index in [1.807, 2.05) is 24.3 Å². The number of rotatable bonds is 4. The first-order chi connectivity index (χ1) is 11.8. The lowest BCUT2D eigenvalue weighted by Crippen LogP contribution is -2.42. The number of carbonyl (C=O) groups excluding carboxylic acids is 1. The van der Waals surface area contributed by atoms with Crippen LogP contribution >= 0.6 is 0 Å². The Kier molecular flexibility index (Phi) is 4.67. The molecule has 2 aromatic carbocycles. The van der Waals surface area contributed by atoms with Crippen LogP contribution in [0.1, 0.15) is 21.5 Å². The topological polar surface area (TPSA) is 84.5 Å². The standard InChI is InChI=1S/C18H20N2O4S/c1-12-7-8-14(10-16(12)20-25(2,22)23)18(21)19-15-9-13-5-3-4-6-17(13)24-11-15/h3-8,10,15,20H,9,11H2,1-2H3,(H,19,21). The Labute approximate surface area is 147 Å². The average molecular weight is 360 g/mol. The summed E-state index contributed by atoms with van der Waals surface area (Å²) in [6, 6.07) is 12.6. The molecular weight excluding hydrogens is 340 g/mol. The van der Waals surface area contributed by atoms with Crippen LogP contribution in [0, 0.1) is 6.92 Å². The van der Waals surface area contributed by atoms with Crippen LogP contribution in [0.5, 0.6) is 5.75 Å². The highest BCUT2D eigenvalue weighted by molar-refractivity contribution is 7.92. The molecule has 0 saturated carbocycles. The second-order valence-electron chi connectivity index (χ2n) is 6.20. The van der Waals surface area contributed by atoms with Crippen molar-refractivity contribution in [2.75, 3.05) is 17.6 Å². The number of hydrogen-bond acceptors (Lipinski definition) is 4. The Hall–Kier alpha value is -2.54. The number of amides is 1. The number of aryl methyl sites for hydroxylation is 1. The summed E-state index contributed by atoms with van der Waals surface area (Å²) in [7, 11) is -3.40. The minimum atomic E-state index is -3.40. The molecule has 1 amide bonds. The third-order valence-corrected chi connectivity index (χ3v) is 4.60. The van der Waals surface area contributed by atoms with Crippen LogP contribution in [-0.4, -0.2) is 33.2 Å². The lowest BCUT2D eigenvalue weighted by atomic mass is 10.0. The Morgan fingerprint density at radius 1 is 1.20 bits per heavy atom. The molecule has 2 N–H and O–H groups in total. The van der Waals surface area contributed by atoms with Crippen molar-refractivity contribution in [1.82, 2.24) is 5.32 Å². The number of benzene rings is 2. The van der Waals surface area contributed by atoms with Gasteiger partial charge in [0, 0.05) is 5.56 Å². The number of carbonyl (C=O) groups is 1. The number of anilines is 1. The summed E-state index contributed by atoms with van der Waals surface area (Å²) in [6.45, 7) is 2.18. The van der Waals surface area contributed by atoms with Gasteiger partial charge in [-0.15, -0.1) is 0 Å². The molecule has 0 radical (unpaired) electrons. The van der Waals surface area contributed by atoms with Crippen LogP contribution < -0.4 is 14.8 Å². The number of hydrogen-bond donors (Lipinski definition) is 2. The third kappa shape index (κ3) is 4.30. The molecule has 3 rings (SSSR count). The molecule has 0 spiro atoms. The van der Waals surface area contributed by atoms with Gasteiger partial charge in [-0.25, -0.2) is 8.42 Å². The molecule has 25 heavy (non-hydrogen) atoms. The van der Waals surface area contributed by atoms with Crippen molar-refractivity contribution in [1.29, 1.82) is 0 Å². The van der Waals surface area contributed by atoms with Gasteiger partial charge in [0.15, 0.2) is 0 Å². The number of fused-ring (bicyclic) bond motifs is 1. The molecule has 0 aromatic heterocycles. The second-order valence-corrected chi connectivity index (χ2v) is 7.95. The predicted molar refractivity (Wildman–Crippen MR) is 96.5 cm³/mol. The monoisotopic (exact) mass is 360 g/mol. The van der Waals surface area contributed by atoms with Gasteiger partial charge in [-0.2, -0.15) is 0 Å². The number of para-hydroxylation sites is 1. The Bertz CT molecular complexity index is 909. The van der Waals surface area contributed by atoms with Crippen LogP contribution in [0.4, 0.5) is 5.69 Å². The fraction of sp³-hybridized carbons (Fsp3) is 0.278. The van der Waals surface area contributed by atoms with Gasteiger partial charge in [0.25, 0.3) is 5.91 Å². The fourth-order valence-electron chi connectivity index (χ4n) is 2.76. The quantitative estimate of drug-likeness (QED) is 0.874. The van der Waals surface area contributed by atoms with Gasteiger partial charge in [0.05, 0.1) is 18.0 Å². The Morgan fingerprint density at radius 3 is 2.72 bits per heavy atom. The van der Waals surface area contributed by atoms with Crippen molar-refractivity contribution in [3.05, 3.63) is 59.2 Å². The van der Waals surface area contributed by atoms with Gasteiger partial charge in [0.2, 0.25) is 10.0 Å². The Balaban J connectivity index is 1.73. The van der Waals surface area contributed by atoms with Crippen molar-refractivity contribution in [3.8, 4) is 5.75 Å². The third-order valence-electron chi connectivity index (χ3n) is 4.01. The molecule has 1 atom stereocenters. The first-order valence-electron chi connectivity index (χ1n) is 7.92. The summed E-state index contributed by atoms with van der Waals surface area (Å²) in [5, 5.41) is 2.94. The first kappa shape index (κ1) is 17.3. The zero-order valence-electron chi connectivity index (χ0n) is 14.1. The highest BCUT2D eigenvalue weighted by Crippen LogP contribution is 2.24. The van der Waals surface area contributed by atoms with Gasteiger partial charge in [-0.1, -0.05) is 24.3 Å². The van der Waals surface area contributed by atoms with Gasteiger partial charge >= 0.3 is 0 Å². The first-order valence-corrected chi connectivity index (χ1v) is 9.81. The molecule has 6 nitrogen and oxygen atoms in total. The summed E-state index contributed by atoms with van der Waals surface area (Å²) >= 11 is 0. The number of nitrogens with one attached hydrogen (secondary N) is 2. The van der Waals surface area contributed by atoms with Gasteiger partial charge < -0.3 is 10.1 Å². The normalized spacial score (nSPS) is 16.5. The van der Waals surface area contributed by atoms with E-state index in [1.54, 1.807) is 25.1 Å². The summed E-state index contributed by atoms with van der Waals surface area (Å²) in [6.07, 6.45) is 1.78. The van der Waals surface area contributed by atoms with E-state index in [9.17, 15) is 13.2 Å². The molecule has 1 heterocycles. The molecule has 0 saturated heterocycles.